The molecule has 0 bridgehead atoms. The van der Waals surface area contributed by atoms with E-state index < -0.39 is 0 Å². The summed E-state index contributed by atoms with van der Waals surface area (Å²) >= 11 is 0. The second kappa shape index (κ2) is 6.53. The number of rotatable bonds is 3. The smallest absolute Gasteiger partial charge is 0.162 e. The zero-order valence-electron chi connectivity index (χ0n) is 12.2. The minimum absolute atomic E-state index is 0.149. The molecule has 1 heteroatoms. The van der Waals surface area contributed by atoms with E-state index >= 15 is 0 Å². The van der Waals surface area contributed by atoms with Crippen molar-refractivity contribution in [3.05, 3.63) is 77.4 Å². The van der Waals surface area contributed by atoms with Gasteiger partial charge in [-0.3, -0.25) is 4.79 Å². The van der Waals surface area contributed by atoms with E-state index in [-0.39, 0.29) is 5.92 Å². The van der Waals surface area contributed by atoms with Crippen molar-refractivity contribution in [2.75, 3.05) is 0 Å². The Morgan fingerprint density at radius 1 is 0.952 bits per heavy atom. The highest BCUT2D eigenvalue weighted by Gasteiger charge is 2.26. The van der Waals surface area contributed by atoms with Crippen LogP contribution in [0.3, 0.4) is 0 Å². The predicted octanol–water partition coefficient (Wildman–Crippen LogP) is 4.68. The molecule has 1 aliphatic carbocycles. The van der Waals surface area contributed by atoms with Crippen LogP contribution in [0.2, 0.25) is 0 Å². The molecule has 1 nitrogen and oxygen atoms in total. The standard InChI is InChI=1S/C20H20O/c21-20-18(14-16-8-3-1-4-9-16)12-7-13-19(20)15-17-10-5-2-6-11-17/h1-6,8-11,14,19H,7,12-13,15H2/b18-14+. The van der Waals surface area contributed by atoms with Gasteiger partial charge in [-0.15, -0.1) is 0 Å². The molecular formula is C20H20O. The Morgan fingerprint density at radius 3 is 2.33 bits per heavy atom. The molecule has 0 spiro atoms. The Hall–Kier alpha value is -2.15. The molecule has 1 saturated carbocycles. The SMILES string of the molecule is O=C1/C(=C/c2ccccc2)CCCC1Cc1ccccc1. The van der Waals surface area contributed by atoms with Crippen LogP contribution in [0.4, 0.5) is 0 Å². The van der Waals surface area contributed by atoms with Crippen molar-refractivity contribution in [3.8, 4) is 0 Å². The second-order valence-corrected chi connectivity index (χ2v) is 5.72. The third kappa shape index (κ3) is 3.49. The molecule has 1 aliphatic rings. The summed E-state index contributed by atoms with van der Waals surface area (Å²) in [5.41, 5.74) is 3.38. The molecule has 1 fully saturated rings. The van der Waals surface area contributed by atoms with Crippen molar-refractivity contribution in [2.24, 2.45) is 5.92 Å². The third-order valence-electron chi connectivity index (χ3n) is 4.15. The van der Waals surface area contributed by atoms with Crippen LogP contribution >= 0.6 is 0 Å². The van der Waals surface area contributed by atoms with E-state index in [1.807, 2.05) is 36.4 Å². The van der Waals surface area contributed by atoms with Crippen LogP contribution in [0.25, 0.3) is 6.08 Å². The zero-order chi connectivity index (χ0) is 14.5. The molecule has 0 radical (unpaired) electrons. The summed E-state index contributed by atoms with van der Waals surface area (Å²) in [5.74, 6) is 0.491. The van der Waals surface area contributed by atoms with Crippen LogP contribution in [-0.2, 0) is 11.2 Å². The molecule has 1 atom stereocenters. The number of benzene rings is 2. The average Bonchev–Trinajstić information content (AvgIpc) is 2.53. The first-order valence-electron chi connectivity index (χ1n) is 7.67. The lowest BCUT2D eigenvalue weighted by Crippen LogP contribution is -2.23. The van der Waals surface area contributed by atoms with Crippen molar-refractivity contribution in [1.82, 2.24) is 0 Å². The average molecular weight is 276 g/mol. The van der Waals surface area contributed by atoms with E-state index in [0.29, 0.717) is 5.78 Å². The van der Waals surface area contributed by atoms with E-state index in [9.17, 15) is 4.79 Å². The lowest BCUT2D eigenvalue weighted by Gasteiger charge is -2.23. The fourth-order valence-electron chi connectivity index (χ4n) is 3.04. The van der Waals surface area contributed by atoms with Gasteiger partial charge in [-0.1, -0.05) is 60.7 Å². The molecule has 0 aliphatic heterocycles. The number of hydrogen-bond acceptors (Lipinski definition) is 1. The van der Waals surface area contributed by atoms with E-state index in [1.54, 1.807) is 0 Å². The van der Waals surface area contributed by atoms with Crippen molar-refractivity contribution in [3.63, 3.8) is 0 Å². The fourth-order valence-corrected chi connectivity index (χ4v) is 3.04. The van der Waals surface area contributed by atoms with Crippen LogP contribution in [0.5, 0.6) is 0 Å². The maximum Gasteiger partial charge on any atom is 0.162 e. The first kappa shape index (κ1) is 13.8. The Balaban J connectivity index is 1.76. The maximum absolute atomic E-state index is 12.7. The number of ketones is 1. The zero-order valence-corrected chi connectivity index (χ0v) is 12.2. The summed E-state index contributed by atoms with van der Waals surface area (Å²) in [6, 6.07) is 20.5. The van der Waals surface area contributed by atoms with Crippen molar-refractivity contribution < 1.29 is 4.79 Å². The molecule has 0 aromatic heterocycles. The molecule has 0 N–H and O–H groups in total. The van der Waals surface area contributed by atoms with Crippen molar-refractivity contribution >= 4 is 11.9 Å². The fraction of sp³-hybridized carbons (Fsp3) is 0.250. The van der Waals surface area contributed by atoms with E-state index in [2.05, 4.69) is 30.3 Å². The molecule has 3 rings (SSSR count). The molecule has 106 valence electrons. The van der Waals surface area contributed by atoms with E-state index in [4.69, 9.17) is 0 Å². The summed E-state index contributed by atoms with van der Waals surface area (Å²) in [5, 5.41) is 0. The van der Waals surface area contributed by atoms with E-state index in [1.165, 1.54) is 5.56 Å². The highest BCUT2D eigenvalue weighted by atomic mass is 16.1. The molecule has 0 heterocycles. The quantitative estimate of drug-likeness (QED) is 0.744. The predicted molar refractivity (Wildman–Crippen MR) is 86.9 cm³/mol. The third-order valence-corrected chi connectivity index (χ3v) is 4.15. The molecule has 21 heavy (non-hydrogen) atoms. The number of Topliss-reactive ketones (excluding diaryl/α,β-unsaturated/α-hetero) is 1. The highest BCUT2D eigenvalue weighted by Crippen LogP contribution is 2.29. The van der Waals surface area contributed by atoms with Gasteiger partial charge in [0.25, 0.3) is 0 Å². The Labute approximate surface area is 126 Å². The lowest BCUT2D eigenvalue weighted by atomic mass is 9.80. The van der Waals surface area contributed by atoms with Gasteiger partial charge in [-0.05, 0) is 48.5 Å². The van der Waals surface area contributed by atoms with Crippen LogP contribution in [0.1, 0.15) is 30.4 Å². The second-order valence-electron chi connectivity index (χ2n) is 5.72. The Morgan fingerprint density at radius 2 is 1.62 bits per heavy atom. The van der Waals surface area contributed by atoms with Crippen LogP contribution in [0.15, 0.2) is 66.2 Å². The minimum atomic E-state index is 0.149. The van der Waals surface area contributed by atoms with E-state index in [0.717, 1.165) is 36.8 Å². The van der Waals surface area contributed by atoms with Gasteiger partial charge in [0.2, 0.25) is 0 Å². The minimum Gasteiger partial charge on any atom is -0.294 e. The van der Waals surface area contributed by atoms with Gasteiger partial charge in [0.1, 0.15) is 0 Å². The van der Waals surface area contributed by atoms with Crippen molar-refractivity contribution in [2.45, 2.75) is 25.7 Å². The number of hydrogen-bond donors (Lipinski definition) is 0. The van der Waals surface area contributed by atoms with Crippen LogP contribution < -0.4 is 0 Å². The molecule has 1 unspecified atom stereocenters. The van der Waals surface area contributed by atoms with Gasteiger partial charge in [0.05, 0.1) is 0 Å². The lowest BCUT2D eigenvalue weighted by molar-refractivity contribution is -0.120. The van der Waals surface area contributed by atoms with Gasteiger partial charge in [0, 0.05) is 5.92 Å². The van der Waals surface area contributed by atoms with Crippen LogP contribution in [0, 0.1) is 5.92 Å². The normalized spacial score (nSPS) is 20.7. The van der Waals surface area contributed by atoms with Gasteiger partial charge < -0.3 is 0 Å². The first-order valence-corrected chi connectivity index (χ1v) is 7.67. The first-order chi connectivity index (χ1) is 10.3. The number of carbonyl (C=O) groups is 1. The molecule has 0 saturated heterocycles. The molecule has 2 aromatic rings. The van der Waals surface area contributed by atoms with Gasteiger partial charge in [-0.25, -0.2) is 0 Å². The van der Waals surface area contributed by atoms with Gasteiger partial charge >= 0.3 is 0 Å². The topological polar surface area (TPSA) is 17.1 Å². The Bertz CT molecular complexity index is 625. The Kier molecular flexibility index (Phi) is 4.30. The van der Waals surface area contributed by atoms with Gasteiger partial charge in [-0.2, -0.15) is 0 Å². The highest BCUT2D eigenvalue weighted by molar-refractivity contribution is 6.01. The molecular weight excluding hydrogens is 256 g/mol. The number of allylic oxidation sites excluding steroid dienone is 1. The molecule has 2 aromatic carbocycles. The maximum atomic E-state index is 12.7. The number of carbonyl (C=O) groups excluding carboxylic acids is 1. The summed E-state index contributed by atoms with van der Waals surface area (Å²) in [6.45, 7) is 0. The summed E-state index contributed by atoms with van der Waals surface area (Å²) in [6.07, 6.45) is 5.98. The largest absolute Gasteiger partial charge is 0.294 e. The molecule has 0 amide bonds. The van der Waals surface area contributed by atoms with Crippen LogP contribution in [-0.4, -0.2) is 5.78 Å². The summed E-state index contributed by atoms with van der Waals surface area (Å²) < 4.78 is 0. The van der Waals surface area contributed by atoms with Crippen molar-refractivity contribution in [1.29, 1.82) is 0 Å². The summed E-state index contributed by atoms with van der Waals surface area (Å²) in [7, 11) is 0. The monoisotopic (exact) mass is 276 g/mol. The summed E-state index contributed by atoms with van der Waals surface area (Å²) in [4.78, 5) is 12.7. The van der Waals surface area contributed by atoms with Gasteiger partial charge in [0.15, 0.2) is 5.78 Å².